The number of hydrogen-bond acceptors (Lipinski definition) is 2. The average molecular weight is 282 g/mol. The van der Waals surface area contributed by atoms with E-state index in [1.165, 1.54) is 12.1 Å². The lowest BCUT2D eigenvalue weighted by atomic mass is 9.99. The predicted molar refractivity (Wildman–Crippen MR) is 74.2 cm³/mol. The summed E-state index contributed by atoms with van der Waals surface area (Å²) in [6.45, 7) is 5.21. The smallest absolute Gasteiger partial charge is 0.319 e. The van der Waals surface area contributed by atoms with E-state index in [1.807, 2.05) is 0 Å². The van der Waals surface area contributed by atoms with Crippen molar-refractivity contribution in [2.75, 3.05) is 5.32 Å². The zero-order chi connectivity index (χ0) is 15.3. The zero-order valence-electron chi connectivity index (χ0n) is 11.8. The quantitative estimate of drug-likeness (QED) is 0.777. The van der Waals surface area contributed by atoms with Crippen LogP contribution >= 0.6 is 0 Å². The van der Waals surface area contributed by atoms with Crippen LogP contribution in [0.2, 0.25) is 0 Å². The molecule has 110 valence electrons. The molecule has 0 atom stereocenters. The summed E-state index contributed by atoms with van der Waals surface area (Å²) >= 11 is 0. The number of aryl methyl sites for hydroxylation is 1. The molecular weight excluding hydrogens is 263 g/mol. The average Bonchev–Trinajstić information content (AvgIpc) is 2.31. The summed E-state index contributed by atoms with van der Waals surface area (Å²) in [6.07, 6.45) is 0.268. The second-order valence-electron chi connectivity index (χ2n) is 5.32. The normalized spacial score (nSPS) is 11.0. The van der Waals surface area contributed by atoms with Crippen molar-refractivity contribution in [3.05, 3.63) is 29.6 Å². The molecule has 0 bridgehead atoms. The van der Waals surface area contributed by atoms with Gasteiger partial charge in [0.15, 0.2) is 0 Å². The first-order valence-corrected chi connectivity index (χ1v) is 6.27. The SMILES string of the molecule is Cc1ccc(F)cc1NC(=O)NC(C)(C)CCC(=O)O. The van der Waals surface area contributed by atoms with E-state index in [-0.39, 0.29) is 6.42 Å². The lowest BCUT2D eigenvalue weighted by Gasteiger charge is -2.26. The molecule has 6 heteroatoms. The number of carbonyl (C=O) groups is 2. The highest BCUT2D eigenvalue weighted by molar-refractivity contribution is 5.90. The van der Waals surface area contributed by atoms with Crippen molar-refractivity contribution in [1.82, 2.24) is 5.32 Å². The molecule has 0 unspecified atom stereocenters. The molecule has 1 aromatic carbocycles. The van der Waals surface area contributed by atoms with Crippen LogP contribution in [0.3, 0.4) is 0 Å². The molecule has 0 saturated carbocycles. The molecule has 5 nitrogen and oxygen atoms in total. The molecule has 0 radical (unpaired) electrons. The third-order valence-electron chi connectivity index (χ3n) is 2.86. The molecule has 20 heavy (non-hydrogen) atoms. The second kappa shape index (κ2) is 6.36. The summed E-state index contributed by atoms with van der Waals surface area (Å²) in [5, 5.41) is 13.9. The summed E-state index contributed by atoms with van der Waals surface area (Å²) in [5.74, 6) is -1.35. The maximum absolute atomic E-state index is 13.1. The number of urea groups is 1. The van der Waals surface area contributed by atoms with Crippen LogP contribution in [0.1, 0.15) is 32.3 Å². The molecule has 0 fully saturated rings. The number of amides is 2. The minimum absolute atomic E-state index is 0.0354. The van der Waals surface area contributed by atoms with Gasteiger partial charge in [-0.2, -0.15) is 0 Å². The van der Waals surface area contributed by atoms with E-state index < -0.39 is 23.4 Å². The Bertz CT molecular complexity index is 515. The molecule has 0 aliphatic heterocycles. The Hall–Kier alpha value is -2.11. The van der Waals surface area contributed by atoms with Gasteiger partial charge >= 0.3 is 12.0 Å². The van der Waals surface area contributed by atoms with E-state index in [0.717, 1.165) is 5.56 Å². The molecule has 0 spiro atoms. The van der Waals surface area contributed by atoms with Gasteiger partial charge in [-0.1, -0.05) is 6.07 Å². The summed E-state index contributed by atoms with van der Waals surface area (Å²) in [4.78, 5) is 22.4. The number of carbonyl (C=O) groups excluding carboxylic acids is 1. The third kappa shape index (κ3) is 5.26. The molecule has 3 N–H and O–H groups in total. The number of carboxylic acid groups (broad SMARTS) is 1. The Balaban J connectivity index is 2.63. The summed E-state index contributed by atoms with van der Waals surface area (Å²) < 4.78 is 13.1. The van der Waals surface area contributed by atoms with Crippen molar-refractivity contribution in [3.8, 4) is 0 Å². The monoisotopic (exact) mass is 282 g/mol. The maximum atomic E-state index is 13.1. The summed E-state index contributed by atoms with van der Waals surface area (Å²) in [7, 11) is 0. The highest BCUT2D eigenvalue weighted by atomic mass is 19.1. The van der Waals surface area contributed by atoms with Gasteiger partial charge in [-0.25, -0.2) is 9.18 Å². The molecule has 0 aliphatic rings. The maximum Gasteiger partial charge on any atom is 0.319 e. The minimum Gasteiger partial charge on any atom is -0.481 e. The van der Waals surface area contributed by atoms with Crippen LogP contribution in [-0.2, 0) is 4.79 Å². The largest absolute Gasteiger partial charge is 0.481 e. The van der Waals surface area contributed by atoms with Crippen molar-refractivity contribution in [3.63, 3.8) is 0 Å². The van der Waals surface area contributed by atoms with Gasteiger partial charge in [0.2, 0.25) is 0 Å². The van der Waals surface area contributed by atoms with Gasteiger partial charge in [-0.15, -0.1) is 0 Å². The fourth-order valence-electron chi connectivity index (χ4n) is 1.67. The van der Waals surface area contributed by atoms with Crippen LogP contribution < -0.4 is 10.6 Å². The third-order valence-corrected chi connectivity index (χ3v) is 2.86. The Kier molecular flexibility index (Phi) is 5.07. The first kappa shape index (κ1) is 15.9. The van der Waals surface area contributed by atoms with Crippen molar-refractivity contribution in [2.24, 2.45) is 0 Å². The van der Waals surface area contributed by atoms with Gasteiger partial charge in [-0.05, 0) is 44.9 Å². The molecule has 2 amide bonds. The zero-order valence-corrected chi connectivity index (χ0v) is 11.8. The fourth-order valence-corrected chi connectivity index (χ4v) is 1.67. The lowest BCUT2D eigenvalue weighted by molar-refractivity contribution is -0.137. The Morgan fingerprint density at radius 3 is 2.60 bits per heavy atom. The Morgan fingerprint density at radius 1 is 1.35 bits per heavy atom. The summed E-state index contributed by atoms with van der Waals surface area (Å²) in [6, 6.07) is 3.63. The number of rotatable bonds is 5. The molecule has 0 aliphatic carbocycles. The van der Waals surface area contributed by atoms with E-state index in [2.05, 4.69) is 10.6 Å². The highest BCUT2D eigenvalue weighted by Crippen LogP contribution is 2.17. The van der Waals surface area contributed by atoms with Gasteiger partial charge < -0.3 is 15.7 Å². The van der Waals surface area contributed by atoms with Crippen molar-refractivity contribution < 1.29 is 19.1 Å². The molecular formula is C14H19FN2O3. The van der Waals surface area contributed by atoms with E-state index in [9.17, 15) is 14.0 Å². The van der Waals surface area contributed by atoms with Gasteiger partial charge in [0.1, 0.15) is 5.82 Å². The predicted octanol–water partition coefficient (Wildman–Crippen LogP) is 2.90. The number of benzene rings is 1. The van der Waals surface area contributed by atoms with Gasteiger partial charge in [0.25, 0.3) is 0 Å². The van der Waals surface area contributed by atoms with Crippen molar-refractivity contribution in [1.29, 1.82) is 0 Å². The van der Waals surface area contributed by atoms with Gasteiger partial charge in [-0.3, -0.25) is 4.79 Å². The lowest BCUT2D eigenvalue weighted by Crippen LogP contribution is -2.45. The van der Waals surface area contributed by atoms with E-state index in [1.54, 1.807) is 26.8 Å². The summed E-state index contributed by atoms with van der Waals surface area (Å²) in [5.41, 5.74) is 0.463. The number of halogens is 1. The number of anilines is 1. The minimum atomic E-state index is -0.916. The van der Waals surface area contributed by atoms with Crippen LogP contribution in [0, 0.1) is 12.7 Å². The number of nitrogens with one attached hydrogen (secondary N) is 2. The van der Waals surface area contributed by atoms with Crippen LogP contribution in [0.4, 0.5) is 14.9 Å². The fraction of sp³-hybridized carbons (Fsp3) is 0.429. The van der Waals surface area contributed by atoms with Crippen LogP contribution in [0.15, 0.2) is 18.2 Å². The second-order valence-corrected chi connectivity index (χ2v) is 5.32. The molecule has 0 aromatic heterocycles. The van der Waals surface area contributed by atoms with E-state index >= 15 is 0 Å². The van der Waals surface area contributed by atoms with E-state index in [0.29, 0.717) is 12.1 Å². The molecule has 0 saturated heterocycles. The van der Waals surface area contributed by atoms with Gasteiger partial charge in [0.05, 0.1) is 0 Å². The first-order valence-electron chi connectivity index (χ1n) is 6.27. The number of aliphatic carboxylic acids is 1. The Morgan fingerprint density at radius 2 is 2.00 bits per heavy atom. The Labute approximate surface area is 117 Å². The highest BCUT2D eigenvalue weighted by Gasteiger charge is 2.21. The number of hydrogen-bond donors (Lipinski definition) is 3. The molecule has 1 rings (SSSR count). The molecule has 1 aromatic rings. The van der Waals surface area contributed by atoms with Crippen molar-refractivity contribution >= 4 is 17.7 Å². The topological polar surface area (TPSA) is 78.4 Å². The van der Waals surface area contributed by atoms with Crippen LogP contribution in [0.25, 0.3) is 0 Å². The first-order chi connectivity index (χ1) is 9.19. The molecule has 0 heterocycles. The van der Waals surface area contributed by atoms with Crippen LogP contribution in [0.5, 0.6) is 0 Å². The van der Waals surface area contributed by atoms with Gasteiger partial charge in [0, 0.05) is 17.6 Å². The van der Waals surface area contributed by atoms with Crippen molar-refractivity contribution in [2.45, 2.75) is 39.2 Å². The van der Waals surface area contributed by atoms with E-state index in [4.69, 9.17) is 5.11 Å². The standard InChI is InChI=1S/C14H19FN2O3/c1-9-4-5-10(15)8-11(9)16-13(20)17-14(2,3)7-6-12(18)19/h4-5,8H,6-7H2,1-3H3,(H,18,19)(H2,16,17,20). The number of carboxylic acids is 1. The van der Waals surface area contributed by atoms with Crippen LogP contribution in [-0.4, -0.2) is 22.6 Å².